The zero-order valence-corrected chi connectivity index (χ0v) is 7.20. The molecule has 0 radical (unpaired) electrons. The molecule has 1 saturated heterocycles. The molecule has 2 nitrogen and oxygen atoms in total. The van der Waals surface area contributed by atoms with Gasteiger partial charge in [0, 0.05) is 0 Å². The van der Waals surface area contributed by atoms with E-state index in [9.17, 15) is 9.50 Å². The van der Waals surface area contributed by atoms with Gasteiger partial charge in [0.2, 0.25) is 0 Å². The summed E-state index contributed by atoms with van der Waals surface area (Å²) >= 11 is 0. The van der Waals surface area contributed by atoms with Crippen LogP contribution in [0.15, 0.2) is 24.3 Å². The molecule has 1 aliphatic heterocycles. The molecule has 2 rings (SSSR count). The molecule has 0 unspecified atom stereocenters. The molecule has 2 N–H and O–H groups in total. The molecular formula is C10H12FNO. The molecule has 1 aliphatic rings. The summed E-state index contributed by atoms with van der Waals surface area (Å²) in [6.45, 7) is 0.823. The van der Waals surface area contributed by atoms with Crippen LogP contribution in [0, 0.1) is 5.82 Å². The van der Waals surface area contributed by atoms with Crippen molar-refractivity contribution in [3.05, 3.63) is 35.6 Å². The summed E-state index contributed by atoms with van der Waals surface area (Å²) in [7, 11) is 0. The first kappa shape index (κ1) is 8.66. The van der Waals surface area contributed by atoms with Crippen LogP contribution in [0.1, 0.15) is 18.0 Å². The van der Waals surface area contributed by atoms with Crippen LogP contribution >= 0.6 is 0 Å². The lowest BCUT2D eigenvalue weighted by molar-refractivity contribution is 0.160. The van der Waals surface area contributed by atoms with Crippen LogP contribution in [-0.2, 0) is 0 Å². The maximum Gasteiger partial charge on any atom is 0.123 e. The van der Waals surface area contributed by atoms with E-state index < -0.39 is 0 Å². The number of rotatable bonds is 1. The topological polar surface area (TPSA) is 32.3 Å². The van der Waals surface area contributed by atoms with E-state index >= 15 is 0 Å². The Morgan fingerprint density at radius 3 is 2.54 bits per heavy atom. The molecule has 1 heterocycles. The van der Waals surface area contributed by atoms with Gasteiger partial charge in [-0.1, -0.05) is 12.1 Å². The van der Waals surface area contributed by atoms with Crippen molar-refractivity contribution >= 4 is 0 Å². The molecule has 1 fully saturated rings. The fourth-order valence-electron chi connectivity index (χ4n) is 1.70. The summed E-state index contributed by atoms with van der Waals surface area (Å²) in [5.41, 5.74) is 0.950. The molecule has 70 valence electrons. The average molecular weight is 181 g/mol. The summed E-state index contributed by atoms with van der Waals surface area (Å²) in [4.78, 5) is 0. The van der Waals surface area contributed by atoms with E-state index in [0.29, 0.717) is 0 Å². The lowest BCUT2D eigenvalue weighted by atomic mass is 10.0. The summed E-state index contributed by atoms with van der Waals surface area (Å²) in [6.07, 6.45) is 0.424. The van der Waals surface area contributed by atoms with Crippen molar-refractivity contribution in [3.63, 3.8) is 0 Å². The summed E-state index contributed by atoms with van der Waals surface area (Å²) in [5, 5.41) is 12.7. The minimum atomic E-state index is -0.342. The summed E-state index contributed by atoms with van der Waals surface area (Å²) < 4.78 is 12.6. The van der Waals surface area contributed by atoms with Crippen LogP contribution in [-0.4, -0.2) is 17.8 Å². The number of halogens is 1. The lowest BCUT2D eigenvalue weighted by Gasteiger charge is -2.14. The van der Waals surface area contributed by atoms with Gasteiger partial charge in [-0.3, -0.25) is 0 Å². The van der Waals surface area contributed by atoms with Crippen molar-refractivity contribution in [2.45, 2.75) is 18.6 Å². The Morgan fingerprint density at radius 1 is 1.31 bits per heavy atom. The number of hydrogen-bond acceptors (Lipinski definition) is 2. The number of aliphatic hydroxyl groups is 1. The first-order valence-electron chi connectivity index (χ1n) is 4.44. The first-order chi connectivity index (χ1) is 6.27. The van der Waals surface area contributed by atoms with E-state index in [1.165, 1.54) is 12.1 Å². The highest BCUT2D eigenvalue weighted by Gasteiger charge is 2.25. The Bertz CT molecular complexity index is 285. The van der Waals surface area contributed by atoms with Gasteiger partial charge in [-0.05, 0) is 30.7 Å². The van der Waals surface area contributed by atoms with Gasteiger partial charge in [-0.2, -0.15) is 0 Å². The Labute approximate surface area is 76.4 Å². The molecule has 3 heteroatoms. The Morgan fingerprint density at radius 2 is 2.00 bits per heavy atom. The molecule has 0 bridgehead atoms. The minimum Gasteiger partial charge on any atom is -0.391 e. The maximum absolute atomic E-state index is 12.6. The zero-order valence-electron chi connectivity index (χ0n) is 7.20. The number of hydrogen-bond donors (Lipinski definition) is 2. The van der Waals surface area contributed by atoms with Gasteiger partial charge in [0.15, 0.2) is 0 Å². The standard InChI is InChI=1S/C10H12FNO/c11-8-3-1-7(2-4-8)10-9(13)5-6-12-10/h1-4,9-10,12-13H,5-6H2/t9-,10-/m1/s1. The Kier molecular flexibility index (Phi) is 2.29. The summed E-state index contributed by atoms with van der Waals surface area (Å²) in [6, 6.07) is 6.23. The highest BCUT2D eigenvalue weighted by atomic mass is 19.1. The van der Waals surface area contributed by atoms with E-state index in [2.05, 4.69) is 5.32 Å². The third kappa shape index (κ3) is 1.71. The van der Waals surface area contributed by atoms with E-state index in [1.54, 1.807) is 12.1 Å². The van der Waals surface area contributed by atoms with Crippen molar-refractivity contribution in [2.75, 3.05) is 6.54 Å². The van der Waals surface area contributed by atoms with Crippen LogP contribution in [0.2, 0.25) is 0 Å². The average Bonchev–Trinajstić information content (AvgIpc) is 2.53. The van der Waals surface area contributed by atoms with E-state index in [1.807, 2.05) is 0 Å². The smallest absolute Gasteiger partial charge is 0.123 e. The second kappa shape index (κ2) is 3.44. The molecule has 0 amide bonds. The third-order valence-corrected chi connectivity index (χ3v) is 2.42. The molecule has 1 aromatic rings. The van der Waals surface area contributed by atoms with Crippen LogP contribution in [0.25, 0.3) is 0 Å². The van der Waals surface area contributed by atoms with Gasteiger partial charge >= 0.3 is 0 Å². The van der Waals surface area contributed by atoms with Crippen molar-refractivity contribution in [1.29, 1.82) is 0 Å². The van der Waals surface area contributed by atoms with Crippen LogP contribution in [0.3, 0.4) is 0 Å². The van der Waals surface area contributed by atoms with Gasteiger partial charge in [-0.15, -0.1) is 0 Å². The molecular weight excluding hydrogens is 169 g/mol. The minimum absolute atomic E-state index is 0.0272. The fraction of sp³-hybridized carbons (Fsp3) is 0.400. The zero-order chi connectivity index (χ0) is 9.26. The van der Waals surface area contributed by atoms with Crippen molar-refractivity contribution in [2.24, 2.45) is 0 Å². The van der Waals surface area contributed by atoms with E-state index in [4.69, 9.17) is 0 Å². The second-order valence-electron chi connectivity index (χ2n) is 3.34. The predicted molar refractivity (Wildman–Crippen MR) is 47.8 cm³/mol. The fourth-order valence-corrected chi connectivity index (χ4v) is 1.70. The number of benzene rings is 1. The van der Waals surface area contributed by atoms with Crippen LogP contribution < -0.4 is 5.32 Å². The van der Waals surface area contributed by atoms with Crippen LogP contribution in [0.4, 0.5) is 4.39 Å². The van der Waals surface area contributed by atoms with Crippen molar-refractivity contribution in [3.8, 4) is 0 Å². The maximum atomic E-state index is 12.6. The number of nitrogens with one attached hydrogen (secondary N) is 1. The van der Waals surface area contributed by atoms with Crippen molar-refractivity contribution < 1.29 is 9.50 Å². The van der Waals surface area contributed by atoms with Gasteiger partial charge in [-0.25, -0.2) is 4.39 Å². The van der Waals surface area contributed by atoms with Gasteiger partial charge < -0.3 is 10.4 Å². The molecule has 0 saturated carbocycles. The SMILES string of the molecule is O[C@@H]1CCN[C@@H]1c1ccc(F)cc1. The van der Waals surface area contributed by atoms with E-state index in [0.717, 1.165) is 18.5 Å². The monoisotopic (exact) mass is 181 g/mol. The number of aliphatic hydroxyl groups excluding tert-OH is 1. The Balaban J connectivity index is 2.20. The molecule has 0 spiro atoms. The van der Waals surface area contributed by atoms with Gasteiger partial charge in [0.05, 0.1) is 12.1 Å². The van der Waals surface area contributed by atoms with Gasteiger partial charge in [0.1, 0.15) is 5.82 Å². The highest BCUT2D eigenvalue weighted by molar-refractivity contribution is 5.22. The predicted octanol–water partition coefficient (Wildman–Crippen LogP) is 1.22. The molecule has 0 aliphatic carbocycles. The molecule has 0 aromatic heterocycles. The quantitative estimate of drug-likeness (QED) is 0.682. The third-order valence-electron chi connectivity index (χ3n) is 2.42. The summed E-state index contributed by atoms with van der Waals surface area (Å²) in [5.74, 6) is -0.240. The Hall–Kier alpha value is -0.930. The second-order valence-corrected chi connectivity index (χ2v) is 3.34. The molecule has 1 aromatic carbocycles. The highest BCUT2D eigenvalue weighted by Crippen LogP contribution is 2.23. The van der Waals surface area contributed by atoms with Crippen molar-refractivity contribution in [1.82, 2.24) is 5.32 Å². The first-order valence-corrected chi connectivity index (χ1v) is 4.44. The lowest BCUT2D eigenvalue weighted by Crippen LogP contribution is -2.20. The molecule has 2 atom stereocenters. The normalized spacial score (nSPS) is 27.8. The largest absolute Gasteiger partial charge is 0.391 e. The van der Waals surface area contributed by atoms with E-state index in [-0.39, 0.29) is 18.0 Å². The van der Waals surface area contributed by atoms with Crippen LogP contribution in [0.5, 0.6) is 0 Å². The molecule has 13 heavy (non-hydrogen) atoms. The van der Waals surface area contributed by atoms with Gasteiger partial charge in [0.25, 0.3) is 0 Å².